The predicted octanol–water partition coefficient (Wildman–Crippen LogP) is 1.87. The Morgan fingerprint density at radius 2 is 2.27 bits per heavy atom. The van der Waals surface area contributed by atoms with Gasteiger partial charge in [0, 0.05) is 6.42 Å². The first kappa shape index (κ1) is 8.59. The average Bonchev–Trinajstić information content (AvgIpc) is 2.38. The Kier molecular flexibility index (Phi) is 3.42. The third kappa shape index (κ3) is 2.54. The maximum absolute atomic E-state index is 4.29. The van der Waals surface area contributed by atoms with Crippen molar-refractivity contribution in [2.45, 2.75) is 31.8 Å². The molecule has 0 radical (unpaired) electrons. The minimum atomic E-state index is 0.871. The Labute approximate surface area is 71.0 Å². The van der Waals surface area contributed by atoms with Gasteiger partial charge in [-0.15, -0.1) is 5.10 Å². The van der Waals surface area contributed by atoms with E-state index in [0.29, 0.717) is 0 Å². The molecule has 0 aliphatic carbocycles. The van der Waals surface area contributed by atoms with Crippen LogP contribution in [0.2, 0.25) is 0 Å². The highest BCUT2D eigenvalue weighted by atomic mass is 32.2. The zero-order valence-electron chi connectivity index (χ0n) is 6.92. The second kappa shape index (κ2) is 4.38. The van der Waals surface area contributed by atoms with Crippen LogP contribution in [0.15, 0.2) is 5.16 Å². The van der Waals surface area contributed by atoms with Crippen LogP contribution in [0.1, 0.15) is 26.1 Å². The van der Waals surface area contributed by atoms with Gasteiger partial charge in [0.2, 0.25) is 5.16 Å². The summed E-state index contributed by atoms with van der Waals surface area (Å²) in [6, 6.07) is 0. The first-order valence-electron chi connectivity index (χ1n) is 3.90. The van der Waals surface area contributed by atoms with Crippen molar-refractivity contribution in [1.29, 1.82) is 0 Å². The molecule has 1 aromatic rings. The van der Waals surface area contributed by atoms with Gasteiger partial charge < -0.3 is 0 Å². The van der Waals surface area contributed by atoms with Crippen molar-refractivity contribution < 1.29 is 0 Å². The van der Waals surface area contributed by atoms with E-state index in [9.17, 15) is 0 Å². The lowest BCUT2D eigenvalue weighted by atomic mass is 10.3. The van der Waals surface area contributed by atoms with Crippen LogP contribution < -0.4 is 0 Å². The molecule has 0 unspecified atom stereocenters. The summed E-state index contributed by atoms with van der Waals surface area (Å²) in [5.74, 6) is 2.03. The lowest BCUT2D eigenvalue weighted by Gasteiger charge is -1.86. The maximum Gasteiger partial charge on any atom is 0.208 e. The molecule has 1 N–H and O–H groups in total. The fraction of sp³-hybridized carbons (Fsp3) is 0.714. The molecule has 0 spiro atoms. The van der Waals surface area contributed by atoms with Gasteiger partial charge in [-0.2, -0.15) is 0 Å². The van der Waals surface area contributed by atoms with Gasteiger partial charge >= 0.3 is 0 Å². The molecule has 0 aliphatic heterocycles. The molecule has 0 fully saturated rings. The Bertz CT molecular complexity index is 189. The van der Waals surface area contributed by atoms with Crippen LogP contribution in [0.5, 0.6) is 0 Å². The van der Waals surface area contributed by atoms with Crippen molar-refractivity contribution in [3.05, 3.63) is 5.82 Å². The lowest BCUT2D eigenvalue weighted by Crippen LogP contribution is -1.84. The summed E-state index contributed by atoms with van der Waals surface area (Å²) in [7, 11) is 0. The monoisotopic (exact) mass is 171 g/mol. The van der Waals surface area contributed by atoms with Crippen molar-refractivity contribution in [2.24, 2.45) is 0 Å². The zero-order valence-corrected chi connectivity index (χ0v) is 7.74. The molecule has 62 valence electrons. The van der Waals surface area contributed by atoms with Crippen LogP contribution in [-0.2, 0) is 6.42 Å². The fourth-order valence-electron chi connectivity index (χ4n) is 0.820. The van der Waals surface area contributed by atoms with Crippen LogP contribution in [0.4, 0.5) is 0 Å². The van der Waals surface area contributed by atoms with Crippen LogP contribution in [-0.4, -0.2) is 20.9 Å². The minimum absolute atomic E-state index is 0.871. The van der Waals surface area contributed by atoms with Crippen LogP contribution in [0.25, 0.3) is 0 Å². The van der Waals surface area contributed by atoms with Gasteiger partial charge in [-0.05, 0) is 12.2 Å². The van der Waals surface area contributed by atoms with Gasteiger partial charge in [0.05, 0.1) is 0 Å². The number of rotatable bonds is 4. The van der Waals surface area contributed by atoms with E-state index >= 15 is 0 Å². The molecule has 0 bridgehead atoms. The van der Waals surface area contributed by atoms with Crippen LogP contribution in [0, 0.1) is 0 Å². The smallest absolute Gasteiger partial charge is 0.208 e. The highest BCUT2D eigenvalue weighted by Crippen LogP contribution is 2.11. The Hall–Kier alpha value is -0.510. The van der Waals surface area contributed by atoms with Crippen molar-refractivity contribution in [1.82, 2.24) is 15.2 Å². The molecule has 0 saturated carbocycles. The van der Waals surface area contributed by atoms with Gasteiger partial charge in [0.25, 0.3) is 0 Å². The Morgan fingerprint density at radius 3 is 2.91 bits per heavy atom. The topological polar surface area (TPSA) is 41.6 Å². The summed E-state index contributed by atoms with van der Waals surface area (Å²) in [6.07, 6.45) is 2.11. The summed E-state index contributed by atoms with van der Waals surface area (Å²) in [4.78, 5) is 4.29. The van der Waals surface area contributed by atoms with Gasteiger partial charge in [0.15, 0.2) is 0 Å². The number of H-pyrrole nitrogens is 1. The first-order valence-corrected chi connectivity index (χ1v) is 4.89. The molecule has 3 nitrogen and oxygen atoms in total. The summed E-state index contributed by atoms with van der Waals surface area (Å²) in [5.41, 5.74) is 0. The highest BCUT2D eigenvalue weighted by molar-refractivity contribution is 7.99. The highest BCUT2D eigenvalue weighted by Gasteiger charge is 2.00. The molecular formula is C7H13N3S. The van der Waals surface area contributed by atoms with E-state index in [-0.39, 0.29) is 0 Å². The number of nitrogens with zero attached hydrogens (tertiary/aromatic N) is 2. The van der Waals surface area contributed by atoms with Gasteiger partial charge in [-0.3, -0.25) is 5.10 Å². The van der Waals surface area contributed by atoms with Gasteiger partial charge in [0.1, 0.15) is 5.82 Å². The van der Waals surface area contributed by atoms with Crippen molar-refractivity contribution in [3.63, 3.8) is 0 Å². The summed E-state index contributed by atoms with van der Waals surface area (Å²) < 4.78 is 0. The number of hydrogen-bond acceptors (Lipinski definition) is 3. The average molecular weight is 171 g/mol. The Balaban J connectivity index is 2.51. The van der Waals surface area contributed by atoms with E-state index in [1.165, 1.54) is 0 Å². The molecule has 0 aliphatic rings. The Morgan fingerprint density at radius 1 is 1.45 bits per heavy atom. The standard InChI is InChI=1S/C7H13N3S/c1-3-5-6-8-7(10-9-6)11-4-2/h3-5H2,1-2H3,(H,8,9,10). The molecule has 1 rings (SSSR count). The molecule has 0 atom stereocenters. The SMILES string of the molecule is CCCc1nc(SCC)n[nH]1. The molecular weight excluding hydrogens is 158 g/mol. The number of hydrogen-bond donors (Lipinski definition) is 1. The van der Waals surface area contributed by atoms with Crippen molar-refractivity contribution in [2.75, 3.05) is 5.75 Å². The molecule has 0 aromatic carbocycles. The van der Waals surface area contributed by atoms with E-state index < -0.39 is 0 Å². The van der Waals surface area contributed by atoms with E-state index in [2.05, 4.69) is 29.0 Å². The normalized spacial score (nSPS) is 10.4. The molecule has 1 heterocycles. The molecule has 1 aromatic heterocycles. The molecule has 11 heavy (non-hydrogen) atoms. The largest absolute Gasteiger partial charge is 0.262 e. The van der Waals surface area contributed by atoms with E-state index in [0.717, 1.165) is 29.6 Å². The quantitative estimate of drug-likeness (QED) is 0.703. The number of nitrogens with one attached hydrogen (secondary N) is 1. The third-order valence-electron chi connectivity index (χ3n) is 1.27. The van der Waals surface area contributed by atoms with E-state index in [1.807, 2.05) is 0 Å². The summed E-state index contributed by atoms with van der Waals surface area (Å²) >= 11 is 1.67. The van der Waals surface area contributed by atoms with Crippen LogP contribution >= 0.6 is 11.8 Å². The first-order chi connectivity index (χ1) is 5.36. The molecule has 4 heteroatoms. The number of thioether (sulfide) groups is 1. The lowest BCUT2D eigenvalue weighted by molar-refractivity contribution is 0.840. The predicted molar refractivity (Wildman–Crippen MR) is 46.8 cm³/mol. The van der Waals surface area contributed by atoms with Gasteiger partial charge in [-0.25, -0.2) is 4.98 Å². The van der Waals surface area contributed by atoms with Crippen molar-refractivity contribution >= 4 is 11.8 Å². The van der Waals surface area contributed by atoms with Crippen LogP contribution in [0.3, 0.4) is 0 Å². The summed E-state index contributed by atoms with van der Waals surface area (Å²) in [6.45, 7) is 4.23. The van der Waals surface area contributed by atoms with E-state index in [4.69, 9.17) is 0 Å². The maximum atomic E-state index is 4.29. The van der Waals surface area contributed by atoms with Gasteiger partial charge in [-0.1, -0.05) is 25.6 Å². The second-order valence-corrected chi connectivity index (χ2v) is 3.48. The fourth-order valence-corrected chi connectivity index (χ4v) is 1.36. The summed E-state index contributed by atoms with van der Waals surface area (Å²) in [5, 5.41) is 7.83. The number of aromatic nitrogens is 3. The molecule has 0 amide bonds. The zero-order chi connectivity index (χ0) is 8.10. The second-order valence-electron chi connectivity index (χ2n) is 2.25. The number of aromatic amines is 1. The number of aryl methyl sites for hydroxylation is 1. The van der Waals surface area contributed by atoms with E-state index in [1.54, 1.807) is 11.8 Å². The minimum Gasteiger partial charge on any atom is -0.262 e. The van der Waals surface area contributed by atoms with Crippen molar-refractivity contribution in [3.8, 4) is 0 Å². The molecule has 0 saturated heterocycles. The third-order valence-corrected chi connectivity index (χ3v) is 2.00.